The highest BCUT2D eigenvalue weighted by molar-refractivity contribution is 7.89. The molecular weight excluding hydrogens is 250 g/mol. The number of aromatic nitrogens is 1. The first-order chi connectivity index (χ1) is 8.45. The van der Waals surface area contributed by atoms with E-state index in [1.54, 1.807) is 27.3 Å². The number of aryl methyl sites for hydroxylation is 1. The molecule has 0 bridgehead atoms. The molecule has 0 spiro atoms. The highest BCUT2D eigenvalue weighted by Crippen LogP contribution is 2.27. The Morgan fingerprint density at radius 1 is 1.50 bits per heavy atom. The monoisotopic (exact) mass is 271 g/mol. The number of nitrogens with two attached hydrogens (primary N) is 1. The Morgan fingerprint density at radius 2 is 2.22 bits per heavy atom. The van der Waals surface area contributed by atoms with Crippen molar-refractivity contribution in [2.45, 2.75) is 30.7 Å². The number of hydrogen-bond acceptors (Lipinski definition) is 3. The zero-order valence-corrected chi connectivity index (χ0v) is 11.7. The zero-order valence-electron chi connectivity index (χ0n) is 10.9. The molecule has 0 amide bonds. The first-order valence-electron chi connectivity index (χ1n) is 6.29. The fraction of sp³-hybridized carbons (Fsp3) is 0.667. The van der Waals surface area contributed by atoms with Crippen molar-refractivity contribution < 1.29 is 8.42 Å². The average molecular weight is 271 g/mol. The molecule has 0 aliphatic carbocycles. The highest BCUT2D eigenvalue weighted by Gasteiger charge is 2.35. The molecule has 1 aromatic heterocycles. The van der Waals surface area contributed by atoms with Crippen molar-refractivity contribution in [1.82, 2.24) is 8.87 Å². The van der Waals surface area contributed by atoms with E-state index in [2.05, 4.69) is 6.92 Å². The van der Waals surface area contributed by atoms with Crippen molar-refractivity contribution >= 4 is 10.0 Å². The predicted octanol–water partition coefficient (Wildman–Crippen LogP) is 0.773. The van der Waals surface area contributed by atoms with Crippen LogP contribution in [0.2, 0.25) is 0 Å². The Hall–Kier alpha value is -0.850. The Kier molecular flexibility index (Phi) is 3.79. The number of piperidine rings is 1. The molecule has 102 valence electrons. The van der Waals surface area contributed by atoms with E-state index in [0.29, 0.717) is 23.9 Å². The Morgan fingerprint density at radius 3 is 2.78 bits per heavy atom. The second kappa shape index (κ2) is 5.03. The van der Waals surface area contributed by atoms with Crippen LogP contribution in [-0.2, 0) is 17.1 Å². The maximum Gasteiger partial charge on any atom is 0.244 e. The molecule has 1 aliphatic rings. The van der Waals surface area contributed by atoms with E-state index in [4.69, 9.17) is 5.73 Å². The molecule has 0 aromatic carbocycles. The van der Waals surface area contributed by atoms with Gasteiger partial charge >= 0.3 is 0 Å². The molecule has 6 heteroatoms. The standard InChI is InChI=1S/C12H21N3O2S/c1-10-3-6-15(11(7-10)8-13)18(16,17)12-4-5-14(2)9-12/h4-5,9-11H,3,6-8,13H2,1-2H3. The van der Waals surface area contributed by atoms with Crippen LogP contribution in [0.5, 0.6) is 0 Å². The summed E-state index contributed by atoms with van der Waals surface area (Å²) < 4.78 is 28.4. The predicted molar refractivity (Wildman–Crippen MR) is 70.5 cm³/mol. The van der Waals surface area contributed by atoms with Crippen molar-refractivity contribution in [3.8, 4) is 0 Å². The third-order valence-electron chi connectivity index (χ3n) is 3.61. The van der Waals surface area contributed by atoms with Gasteiger partial charge in [-0.3, -0.25) is 0 Å². The molecule has 18 heavy (non-hydrogen) atoms. The van der Waals surface area contributed by atoms with Crippen LogP contribution < -0.4 is 5.73 Å². The summed E-state index contributed by atoms with van der Waals surface area (Å²) in [4.78, 5) is 0.359. The average Bonchev–Trinajstić information content (AvgIpc) is 2.76. The van der Waals surface area contributed by atoms with Crippen LogP contribution in [0.4, 0.5) is 0 Å². The SMILES string of the molecule is CC1CCN(S(=O)(=O)c2ccn(C)c2)C(CN)C1. The van der Waals surface area contributed by atoms with E-state index in [-0.39, 0.29) is 6.04 Å². The van der Waals surface area contributed by atoms with Gasteiger partial charge in [0.05, 0.1) is 4.90 Å². The van der Waals surface area contributed by atoms with Gasteiger partial charge in [0.1, 0.15) is 0 Å². The van der Waals surface area contributed by atoms with Crippen molar-refractivity contribution in [3.05, 3.63) is 18.5 Å². The Bertz CT molecular complexity index is 509. The minimum absolute atomic E-state index is 0.0704. The maximum atomic E-state index is 12.5. The molecule has 2 rings (SSSR count). The summed E-state index contributed by atoms with van der Waals surface area (Å²) in [6.45, 7) is 3.10. The minimum Gasteiger partial charge on any atom is -0.356 e. The zero-order chi connectivity index (χ0) is 13.3. The molecule has 2 N–H and O–H groups in total. The molecule has 0 saturated carbocycles. The summed E-state index contributed by atoms with van der Waals surface area (Å²) in [6.07, 6.45) is 5.14. The summed E-state index contributed by atoms with van der Waals surface area (Å²) in [6, 6.07) is 1.57. The summed E-state index contributed by atoms with van der Waals surface area (Å²) in [7, 11) is -1.58. The van der Waals surface area contributed by atoms with E-state index in [1.807, 2.05) is 7.05 Å². The molecule has 1 aliphatic heterocycles. The molecule has 2 atom stereocenters. The molecular formula is C12H21N3O2S. The topological polar surface area (TPSA) is 68.3 Å². The smallest absolute Gasteiger partial charge is 0.244 e. The number of nitrogens with zero attached hydrogens (tertiary/aromatic N) is 2. The van der Waals surface area contributed by atoms with Crippen LogP contribution in [0.1, 0.15) is 19.8 Å². The quantitative estimate of drug-likeness (QED) is 0.883. The largest absolute Gasteiger partial charge is 0.356 e. The van der Waals surface area contributed by atoms with Gasteiger partial charge in [0.15, 0.2) is 0 Å². The minimum atomic E-state index is -3.39. The lowest BCUT2D eigenvalue weighted by molar-refractivity contribution is 0.211. The first-order valence-corrected chi connectivity index (χ1v) is 7.73. The van der Waals surface area contributed by atoms with Gasteiger partial charge < -0.3 is 10.3 Å². The van der Waals surface area contributed by atoms with Gasteiger partial charge in [-0.2, -0.15) is 4.31 Å². The molecule has 5 nitrogen and oxygen atoms in total. The van der Waals surface area contributed by atoms with Crippen LogP contribution in [0.25, 0.3) is 0 Å². The van der Waals surface area contributed by atoms with Crippen LogP contribution in [0.3, 0.4) is 0 Å². The highest BCUT2D eigenvalue weighted by atomic mass is 32.2. The van der Waals surface area contributed by atoms with Crippen molar-refractivity contribution in [2.75, 3.05) is 13.1 Å². The van der Waals surface area contributed by atoms with Crippen molar-refractivity contribution in [2.24, 2.45) is 18.7 Å². The Balaban J connectivity index is 2.29. The fourth-order valence-corrected chi connectivity index (χ4v) is 4.24. The van der Waals surface area contributed by atoms with E-state index in [1.165, 1.54) is 0 Å². The van der Waals surface area contributed by atoms with E-state index >= 15 is 0 Å². The molecule has 1 aromatic rings. The molecule has 1 saturated heterocycles. The van der Waals surface area contributed by atoms with Gasteiger partial charge in [0.2, 0.25) is 10.0 Å². The van der Waals surface area contributed by atoms with Crippen LogP contribution in [0.15, 0.2) is 23.4 Å². The van der Waals surface area contributed by atoms with Gasteiger partial charge in [-0.25, -0.2) is 8.42 Å². The lowest BCUT2D eigenvalue weighted by Gasteiger charge is -2.36. The second-order valence-electron chi connectivity index (χ2n) is 5.15. The van der Waals surface area contributed by atoms with E-state index in [0.717, 1.165) is 12.8 Å². The molecule has 2 heterocycles. The van der Waals surface area contributed by atoms with Gasteiger partial charge in [-0.15, -0.1) is 0 Å². The maximum absolute atomic E-state index is 12.5. The van der Waals surface area contributed by atoms with E-state index < -0.39 is 10.0 Å². The first kappa shape index (κ1) is 13.6. The lowest BCUT2D eigenvalue weighted by Crippen LogP contribution is -2.49. The third kappa shape index (κ3) is 2.46. The lowest BCUT2D eigenvalue weighted by atomic mass is 9.94. The number of sulfonamides is 1. The summed E-state index contributed by atoms with van der Waals surface area (Å²) in [5.74, 6) is 0.542. The van der Waals surface area contributed by atoms with Gasteiger partial charge in [-0.1, -0.05) is 6.92 Å². The number of hydrogen-bond donors (Lipinski definition) is 1. The van der Waals surface area contributed by atoms with E-state index in [9.17, 15) is 8.42 Å². The van der Waals surface area contributed by atoms with Gasteiger partial charge in [-0.05, 0) is 24.8 Å². The fourth-order valence-electron chi connectivity index (χ4n) is 2.53. The Labute approximate surface area is 109 Å². The summed E-state index contributed by atoms with van der Waals surface area (Å²) in [5.41, 5.74) is 5.72. The molecule has 2 unspecified atom stereocenters. The molecule has 1 fully saturated rings. The van der Waals surface area contributed by atoms with Crippen molar-refractivity contribution in [1.29, 1.82) is 0 Å². The van der Waals surface area contributed by atoms with Gasteiger partial charge in [0.25, 0.3) is 0 Å². The number of rotatable bonds is 3. The normalized spacial score (nSPS) is 26.4. The third-order valence-corrected chi connectivity index (χ3v) is 5.54. The second-order valence-corrected chi connectivity index (χ2v) is 7.04. The van der Waals surface area contributed by atoms with Gasteiger partial charge in [0, 0.05) is 38.6 Å². The van der Waals surface area contributed by atoms with Crippen LogP contribution in [0, 0.1) is 5.92 Å². The summed E-state index contributed by atoms with van der Waals surface area (Å²) in [5, 5.41) is 0. The van der Waals surface area contributed by atoms with Crippen molar-refractivity contribution in [3.63, 3.8) is 0 Å². The van der Waals surface area contributed by atoms with Crippen LogP contribution in [-0.4, -0.2) is 36.4 Å². The van der Waals surface area contributed by atoms with Crippen LogP contribution >= 0.6 is 0 Å². The summed E-state index contributed by atoms with van der Waals surface area (Å²) >= 11 is 0. The molecule has 0 radical (unpaired) electrons.